The van der Waals surface area contributed by atoms with Gasteiger partial charge in [0.2, 0.25) is 16.0 Å². The number of nitrogens with one attached hydrogen (secondary N) is 1. The summed E-state index contributed by atoms with van der Waals surface area (Å²) < 4.78 is 28.6. The average Bonchev–Trinajstić information content (AvgIpc) is 3.07. The zero-order valence-corrected chi connectivity index (χ0v) is 19.6. The summed E-state index contributed by atoms with van der Waals surface area (Å²) in [5.74, 6) is 0.726. The van der Waals surface area contributed by atoms with Gasteiger partial charge in [0, 0.05) is 24.2 Å². The van der Waals surface area contributed by atoms with E-state index in [1.807, 2.05) is 24.0 Å². The third-order valence-corrected chi connectivity index (χ3v) is 6.76. The zero-order chi connectivity index (χ0) is 21.6. The van der Waals surface area contributed by atoms with Gasteiger partial charge in [-0.1, -0.05) is 47.8 Å². The summed E-state index contributed by atoms with van der Waals surface area (Å²) in [4.78, 5) is 6.88. The van der Waals surface area contributed by atoms with Crippen molar-refractivity contribution in [2.75, 3.05) is 17.7 Å². The number of imidazole rings is 1. The predicted molar refractivity (Wildman–Crippen MR) is 124 cm³/mol. The molecule has 0 radical (unpaired) electrons. The van der Waals surface area contributed by atoms with Crippen LogP contribution < -0.4 is 9.62 Å². The van der Waals surface area contributed by atoms with Crippen molar-refractivity contribution in [2.45, 2.75) is 32.4 Å². The van der Waals surface area contributed by atoms with Crippen LogP contribution in [0, 0.1) is 0 Å². The van der Waals surface area contributed by atoms with E-state index in [0.29, 0.717) is 27.0 Å². The van der Waals surface area contributed by atoms with Gasteiger partial charge in [-0.3, -0.25) is 0 Å². The number of sulfonamides is 1. The summed E-state index contributed by atoms with van der Waals surface area (Å²) in [7, 11) is -3.38. The van der Waals surface area contributed by atoms with Gasteiger partial charge in [0.05, 0.1) is 27.5 Å². The molecule has 2 heterocycles. The molecule has 1 N–H and O–H groups in total. The standard InChI is InChI=1S/C20H21Cl3N4O2S/c1-3-16(25-30(2,28)29)13-6-7-14(22)18-19(13)27-10-4-9-26(20(27)24-18)17-8-5-12(21)11-15(17)23/h5-8,11,16,25H,3-4,9-10H2,1-2H3. The summed E-state index contributed by atoms with van der Waals surface area (Å²) in [6.07, 6.45) is 2.63. The number of hydrogen-bond donors (Lipinski definition) is 1. The number of halogens is 3. The summed E-state index contributed by atoms with van der Waals surface area (Å²) in [5.41, 5.74) is 3.16. The molecule has 0 aliphatic carbocycles. The van der Waals surface area contributed by atoms with E-state index in [-0.39, 0.29) is 6.04 Å². The van der Waals surface area contributed by atoms with Crippen LogP contribution in [0.4, 0.5) is 11.6 Å². The van der Waals surface area contributed by atoms with E-state index in [9.17, 15) is 8.42 Å². The van der Waals surface area contributed by atoms with Crippen molar-refractivity contribution in [3.63, 3.8) is 0 Å². The van der Waals surface area contributed by atoms with E-state index in [1.54, 1.807) is 18.2 Å². The first kappa shape index (κ1) is 21.7. The number of rotatable bonds is 5. The van der Waals surface area contributed by atoms with E-state index >= 15 is 0 Å². The van der Waals surface area contributed by atoms with E-state index in [4.69, 9.17) is 39.8 Å². The molecular formula is C20H21Cl3N4O2S. The molecule has 10 heteroatoms. The fourth-order valence-electron chi connectivity index (χ4n) is 3.96. The molecule has 2 aromatic carbocycles. The van der Waals surface area contributed by atoms with Crippen LogP contribution in [-0.2, 0) is 16.6 Å². The first-order chi connectivity index (χ1) is 14.2. The van der Waals surface area contributed by atoms with Gasteiger partial charge >= 0.3 is 0 Å². The monoisotopic (exact) mass is 486 g/mol. The quantitative estimate of drug-likeness (QED) is 0.513. The van der Waals surface area contributed by atoms with Crippen LogP contribution in [0.15, 0.2) is 30.3 Å². The van der Waals surface area contributed by atoms with E-state index in [0.717, 1.165) is 42.2 Å². The zero-order valence-electron chi connectivity index (χ0n) is 16.5. The molecule has 1 atom stereocenters. The minimum atomic E-state index is -3.38. The van der Waals surface area contributed by atoms with Crippen molar-refractivity contribution in [3.8, 4) is 0 Å². The summed E-state index contributed by atoms with van der Waals surface area (Å²) in [6, 6.07) is 8.65. The molecule has 1 aliphatic heterocycles. The second-order valence-electron chi connectivity index (χ2n) is 7.35. The van der Waals surface area contributed by atoms with Gasteiger partial charge in [-0.05, 0) is 42.7 Å². The van der Waals surface area contributed by atoms with Gasteiger partial charge in [-0.25, -0.2) is 18.1 Å². The second-order valence-corrected chi connectivity index (χ2v) is 10.4. The number of benzene rings is 2. The van der Waals surface area contributed by atoms with Gasteiger partial charge in [0.1, 0.15) is 5.52 Å². The van der Waals surface area contributed by atoms with Crippen LogP contribution in [0.1, 0.15) is 31.4 Å². The first-order valence-electron chi connectivity index (χ1n) is 9.58. The van der Waals surface area contributed by atoms with Crippen LogP contribution in [0.3, 0.4) is 0 Å². The number of hydrogen-bond acceptors (Lipinski definition) is 4. The van der Waals surface area contributed by atoms with Gasteiger partial charge < -0.3 is 9.47 Å². The maximum Gasteiger partial charge on any atom is 0.211 e. The lowest BCUT2D eigenvalue weighted by Crippen LogP contribution is -2.29. The molecular weight excluding hydrogens is 467 g/mol. The Morgan fingerprint density at radius 2 is 1.90 bits per heavy atom. The van der Waals surface area contributed by atoms with Crippen molar-refractivity contribution in [1.82, 2.24) is 14.3 Å². The third-order valence-electron chi connectivity index (χ3n) is 5.20. The number of nitrogens with zero attached hydrogens (tertiary/aromatic N) is 3. The molecule has 0 spiro atoms. The fourth-order valence-corrected chi connectivity index (χ4v) is 5.48. The molecule has 0 fully saturated rings. The van der Waals surface area contributed by atoms with Crippen molar-refractivity contribution in [1.29, 1.82) is 0 Å². The van der Waals surface area contributed by atoms with Crippen molar-refractivity contribution >= 4 is 67.5 Å². The number of aromatic nitrogens is 2. The van der Waals surface area contributed by atoms with Gasteiger partial charge in [-0.2, -0.15) is 0 Å². The fraction of sp³-hybridized carbons (Fsp3) is 0.350. The summed E-state index contributed by atoms with van der Waals surface area (Å²) >= 11 is 19.0. The van der Waals surface area contributed by atoms with Gasteiger partial charge in [0.25, 0.3) is 0 Å². The number of anilines is 2. The lowest BCUT2D eigenvalue weighted by atomic mass is 10.0. The predicted octanol–water partition coefficient (Wildman–Crippen LogP) is 5.54. The van der Waals surface area contributed by atoms with Gasteiger partial charge in [-0.15, -0.1) is 0 Å². The maximum absolute atomic E-state index is 11.9. The highest BCUT2D eigenvalue weighted by molar-refractivity contribution is 7.88. The Kier molecular flexibility index (Phi) is 5.94. The lowest BCUT2D eigenvalue weighted by Gasteiger charge is -2.30. The summed E-state index contributed by atoms with van der Waals surface area (Å²) in [5, 5.41) is 1.63. The Labute approximate surface area is 190 Å². The molecule has 3 aromatic rings. The van der Waals surface area contributed by atoms with E-state index < -0.39 is 10.0 Å². The Morgan fingerprint density at radius 3 is 2.57 bits per heavy atom. The Balaban J connectivity index is 1.92. The normalized spacial score (nSPS) is 15.4. The minimum absolute atomic E-state index is 0.380. The molecule has 30 heavy (non-hydrogen) atoms. The Bertz CT molecular complexity index is 1230. The van der Waals surface area contributed by atoms with Crippen molar-refractivity contribution in [3.05, 3.63) is 51.0 Å². The van der Waals surface area contributed by atoms with Crippen LogP contribution in [-0.4, -0.2) is 30.8 Å². The minimum Gasteiger partial charge on any atom is -0.310 e. The highest BCUT2D eigenvalue weighted by atomic mass is 35.5. The molecule has 6 nitrogen and oxygen atoms in total. The van der Waals surface area contributed by atoms with Crippen LogP contribution in [0.5, 0.6) is 0 Å². The first-order valence-corrected chi connectivity index (χ1v) is 12.6. The molecule has 0 bridgehead atoms. The largest absolute Gasteiger partial charge is 0.310 e. The molecule has 0 amide bonds. The highest BCUT2D eigenvalue weighted by Gasteiger charge is 2.28. The Hall–Kier alpha value is -1.51. The average molecular weight is 488 g/mol. The van der Waals surface area contributed by atoms with Crippen molar-refractivity contribution < 1.29 is 8.42 Å². The molecule has 1 aliphatic rings. The van der Waals surface area contributed by atoms with Crippen molar-refractivity contribution in [2.24, 2.45) is 0 Å². The van der Waals surface area contributed by atoms with E-state index in [2.05, 4.69) is 9.29 Å². The van der Waals surface area contributed by atoms with Crippen LogP contribution in [0.2, 0.25) is 15.1 Å². The lowest BCUT2D eigenvalue weighted by molar-refractivity contribution is 0.554. The molecule has 1 unspecified atom stereocenters. The topological polar surface area (TPSA) is 67.2 Å². The third kappa shape index (κ3) is 4.01. The number of aryl methyl sites for hydroxylation is 1. The highest BCUT2D eigenvalue weighted by Crippen LogP contribution is 2.40. The maximum atomic E-state index is 11.9. The number of fused-ring (bicyclic) bond motifs is 3. The molecule has 0 saturated carbocycles. The SMILES string of the molecule is CCC(NS(C)(=O)=O)c1ccc(Cl)c2nc3n(c12)CCCN3c1ccc(Cl)cc1Cl. The summed E-state index contributed by atoms with van der Waals surface area (Å²) in [6.45, 7) is 3.43. The molecule has 4 rings (SSSR count). The molecule has 1 aromatic heterocycles. The Morgan fingerprint density at radius 1 is 1.13 bits per heavy atom. The van der Waals surface area contributed by atoms with Gasteiger partial charge in [0.15, 0.2) is 0 Å². The molecule has 160 valence electrons. The molecule has 0 saturated heterocycles. The van der Waals surface area contributed by atoms with E-state index in [1.165, 1.54) is 6.26 Å². The smallest absolute Gasteiger partial charge is 0.211 e. The second kappa shape index (κ2) is 8.20. The van der Waals surface area contributed by atoms with Crippen LogP contribution in [0.25, 0.3) is 11.0 Å². The van der Waals surface area contributed by atoms with Crippen LogP contribution >= 0.6 is 34.8 Å².